The first-order valence-corrected chi connectivity index (χ1v) is 9.90. The van der Waals surface area contributed by atoms with Gasteiger partial charge in [0.25, 0.3) is 5.91 Å². The average Bonchev–Trinajstić information content (AvgIpc) is 3.23. The van der Waals surface area contributed by atoms with Gasteiger partial charge in [-0.05, 0) is 54.1 Å². The first kappa shape index (κ1) is 20.5. The molecule has 1 amide bonds. The first-order chi connectivity index (χ1) is 15.1. The van der Waals surface area contributed by atoms with Crippen molar-refractivity contribution in [1.82, 2.24) is 15.1 Å². The largest absolute Gasteiger partial charge is 0.380 e. The van der Waals surface area contributed by atoms with Crippen LogP contribution in [0.4, 0.5) is 4.39 Å². The topological polar surface area (TPSA) is 56.1 Å². The van der Waals surface area contributed by atoms with Crippen molar-refractivity contribution in [3.63, 3.8) is 0 Å². The van der Waals surface area contributed by atoms with Gasteiger partial charge in [-0.2, -0.15) is 5.10 Å². The van der Waals surface area contributed by atoms with Crippen molar-refractivity contribution >= 4 is 5.91 Å². The number of aromatic nitrogens is 2. The van der Waals surface area contributed by atoms with E-state index >= 15 is 0 Å². The molecule has 0 aliphatic heterocycles. The highest BCUT2D eigenvalue weighted by Crippen LogP contribution is 2.24. The molecule has 0 radical (unpaired) electrons. The molecule has 0 fully saturated rings. The monoisotopic (exact) mass is 415 g/mol. The van der Waals surface area contributed by atoms with E-state index in [4.69, 9.17) is 9.84 Å². The second-order valence-corrected chi connectivity index (χ2v) is 7.11. The third-order valence-electron chi connectivity index (χ3n) is 4.87. The van der Waals surface area contributed by atoms with Gasteiger partial charge in [-0.3, -0.25) is 4.79 Å². The Kier molecular flexibility index (Phi) is 6.19. The number of methoxy groups -OCH3 is 1. The Morgan fingerprint density at radius 2 is 1.81 bits per heavy atom. The van der Waals surface area contributed by atoms with Crippen LogP contribution in [0.1, 0.15) is 21.5 Å². The highest BCUT2D eigenvalue weighted by Gasteiger charge is 2.14. The summed E-state index contributed by atoms with van der Waals surface area (Å²) in [6, 6.07) is 23.2. The minimum atomic E-state index is -0.308. The number of ether oxygens (including phenoxy) is 1. The lowest BCUT2D eigenvalue weighted by molar-refractivity contribution is 0.0950. The molecule has 1 heterocycles. The van der Waals surface area contributed by atoms with Crippen LogP contribution >= 0.6 is 0 Å². The summed E-state index contributed by atoms with van der Waals surface area (Å²) in [6.45, 7) is 0.729. The van der Waals surface area contributed by atoms with Crippen molar-refractivity contribution in [2.45, 2.75) is 13.2 Å². The standard InChI is InChI=1S/C25H22FN3O2/c1-31-17-18-6-5-7-20(14-18)25(30)27-15-21-16-29(23-8-3-2-4-9-23)28-24(21)19-10-12-22(26)13-11-19/h2-14,16H,15,17H2,1H3,(H,27,30). The first-order valence-electron chi connectivity index (χ1n) is 9.90. The van der Waals surface area contributed by atoms with Crippen LogP contribution in [0, 0.1) is 5.82 Å². The van der Waals surface area contributed by atoms with Crippen LogP contribution in [0.5, 0.6) is 0 Å². The van der Waals surface area contributed by atoms with Crippen LogP contribution in [-0.4, -0.2) is 22.8 Å². The fraction of sp³-hybridized carbons (Fsp3) is 0.120. The molecule has 31 heavy (non-hydrogen) atoms. The van der Waals surface area contributed by atoms with Crippen LogP contribution in [-0.2, 0) is 17.9 Å². The molecule has 0 saturated heterocycles. The summed E-state index contributed by atoms with van der Waals surface area (Å²) in [5.41, 5.74) is 4.69. The number of benzene rings is 3. The second kappa shape index (κ2) is 9.36. The zero-order valence-electron chi connectivity index (χ0n) is 17.1. The predicted molar refractivity (Wildman–Crippen MR) is 117 cm³/mol. The number of carbonyl (C=O) groups excluding carboxylic acids is 1. The molecule has 4 rings (SSSR count). The summed E-state index contributed by atoms with van der Waals surface area (Å²) in [4.78, 5) is 12.7. The predicted octanol–water partition coefficient (Wildman–Crippen LogP) is 4.75. The van der Waals surface area contributed by atoms with Crippen molar-refractivity contribution in [2.75, 3.05) is 7.11 Å². The van der Waals surface area contributed by atoms with Gasteiger partial charge in [0.2, 0.25) is 0 Å². The molecule has 0 bridgehead atoms. The molecule has 4 aromatic rings. The molecular weight excluding hydrogens is 393 g/mol. The molecule has 156 valence electrons. The van der Waals surface area contributed by atoms with E-state index in [0.717, 1.165) is 22.4 Å². The lowest BCUT2D eigenvalue weighted by atomic mass is 10.1. The van der Waals surface area contributed by atoms with Crippen molar-refractivity contribution in [3.05, 3.63) is 108 Å². The number of hydrogen-bond donors (Lipinski definition) is 1. The fourth-order valence-electron chi connectivity index (χ4n) is 3.35. The fourth-order valence-corrected chi connectivity index (χ4v) is 3.35. The molecule has 1 N–H and O–H groups in total. The van der Waals surface area contributed by atoms with Crippen LogP contribution in [0.2, 0.25) is 0 Å². The molecule has 0 unspecified atom stereocenters. The lowest BCUT2D eigenvalue weighted by Crippen LogP contribution is -2.23. The van der Waals surface area contributed by atoms with E-state index in [1.165, 1.54) is 12.1 Å². The van der Waals surface area contributed by atoms with E-state index in [1.807, 2.05) is 54.7 Å². The van der Waals surface area contributed by atoms with Crippen LogP contribution < -0.4 is 5.32 Å². The lowest BCUT2D eigenvalue weighted by Gasteiger charge is -2.07. The van der Waals surface area contributed by atoms with Gasteiger partial charge in [-0.25, -0.2) is 9.07 Å². The van der Waals surface area contributed by atoms with Crippen molar-refractivity contribution in [3.8, 4) is 16.9 Å². The average molecular weight is 415 g/mol. The van der Waals surface area contributed by atoms with Gasteiger partial charge in [0.05, 0.1) is 18.0 Å². The molecule has 6 heteroatoms. The number of carbonyl (C=O) groups is 1. The summed E-state index contributed by atoms with van der Waals surface area (Å²) in [6.07, 6.45) is 1.88. The number of hydrogen-bond acceptors (Lipinski definition) is 3. The summed E-state index contributed by atoms with van der Waals surface area (Å²) < 4.78 is 20.3. The summed E-state index contributed by atoms with van der Waals surface area (Å²) in [5.74, 6) is -0.493. The maximum Gasteiger partial charge on any atom is 0.251 e. The smallest absolute Gasteiger partial charge is 0.251 e. The Morgan fingerprint density at radius 1 is 1.03 bits per heavy atom. The van der Waals surface area contributed by atoms with Gasteiger partial charge < -0.3 is 10.1 Å². The van der Waals surface area contributed by atoms with Gasteiger partial charge in [0.1, 0.15) is 5.82 Å². The Labute approximate surface area is 180 Å². The molecule has 0 spiro atoms. The number of amides is 1. The highest BCUT2D eigenvalue weighted by atomic mass is 19.1. The van der Waals surface area contributed by atoms with Crippen LogP contribution in [0.3, 0.4) is 0 Å². The third-order valence-corrected chi connectivity index (χ3v) is 4.87. The van der Waals surface area contributed by atoms with Gasteiger partial charge >= 0.3 is 0 Å². The van der Waals surface area contributed by atoms with E-state index in [1.54, 1.807) is 30.0 Å². The molecule has 0 aliphatic carbocycles. The summed E-state index contributed by atoms with van der Waals surface area (Å²) >= 11 is 0. The van der Waals surface area contributed by atoms with Gasteiger partial charge in [0, 0.05) is 36.5 Å². The van der Waals surface area contributed by atoms with E-state index in [2.05, 4.69) is 5.32 Å². The van der Waals surface area contributed by atoms with Crippen molar-refractivity contribution in [1.29, 1.82) is 0 Å². The molecule has 0 atom stereocenters. The number of halogens is 1. The molecule has 0 saturated carbocycles. The Balaban J connectivity index is 1.60. The molecular formula is C25H22FN3O2. The number of rotatable bonds is 7. The van der Waals surface area contributed by atoms with Crippen molar-refractivity contribution < 1.29 is 13.9 Å². The van der Waals surface area contributed by atoms with Crippen LogP contribution in [0.25, 0.3) is 16.9 Å². The SMILES string of the molecule is COCc1cccc(C(=O)NCc2cn(-c3ccccc3)nc2-c2ccc(F)cc2)c1. The van der Waals surface area contributed by atoms with Gasteiger partial charge in [0.15, 0.2) is 0 Å². The maximum absolute atomic E-state index is 13.4. The number of nitrogens with zero attached hydrogens (tertiary/aromatic N) is 2. The summed E-state index contributed by atoms with van der Waals surface area (Å²) in [5, 5.41) is 7.66. The Bertz CT molecular complexity index is 1170. The Hall–Kier alpha value is -3.77. The molecule has 0 aliphatic rings. The molecule has 1 aromatic heterocycles. The normalized spacial score (nSPS) is 10.8. The second-order valence-electron chi connectivity index (χ2n) is 7.11. The molecule has 3 aromatic carbocycles. The Morgan fingerprint density at radius 3 is 2.55 bits per heavy atom. The van der Waals surface area contributed by atoms with E-state index in [9.17, 15) is 9.18 Å². The quantitative estimate of drug-likeness (QED) is 0.474. The van der Waals surface area contributed by atoms with Gasteiger partial charge in [-0.1, -0.05) is 30.3 Å². The van der Waals surface area contributed by atoms with E-state index in [0.29, 0.717) is 17.9 Å². The van der Waals surface area contributed by atoms with E-state index < -0.39 is 0 Å². The zero-order valence-corrected chi connectivity index (χ0v) is 17.1. The molecule has 5 nitrogen and oxygen atoms in total. The van der Waals surface area contributed by atoms with Crippen LogP contribution in [0.15, 0.2) is 85.1 Å². The van der Waals surface area contributed by atoms with Crippen molar-refractivity contribution in [2.24, 2.45) is 0 Å². The number of para-hydroxylation sites is 1. The number of nitrogens with one attached hydrogen (secondary N) is 1. The highest BCUT2D eigenvalue weighted by molar-refractivity contribution is 5.94. The third kappa shape index (κ3) is 4.87. The maximum atomic E-state index is 13.4. The minimum Gasteiger partial charge on any atom is -0.380 e. The summed E-state index contributed by atoms with van der Waals surface area (Å²) in [7, 11) is 1.62. The van der Waals surface area contributed by atoms with Gasteiger partial charge in [-0.15, -0.1) is 0 Å². The van der Waals surface area contributed by atoms with E-state index in [-0.39, 0.29) is 18.3 Å². The zero-order chi connectivity index (χ0) is 21.6. The minimum absolute atomic E-state index is 0.185.